The van der Waals surface area contributed by atoms with E-state index in [1.165, 1.54) is 48.0 Å². The SMILES string of the molecule is c1ccc(-c2nc(-c3ccc(-c4ccc5c(c4)sc4ccccc45)cc3)nc(-c3ccc4c(c3)C3(c5ccccc5O4)c4ccccc4-c4ccccc43)n2)cc1. The number of ether oxygens (including phenoxy) is 1. The first kappa shape index (κ1) is 32.1. The Kier molecular flexibility index (Phi) is 6.98. The molecule has 2 aliphatic rings. The summed E-state index contributed by atoms with van der Waals surface area (Å²) < 4.78 is 9.30. The van der Waals surface area contributed by atoms with E-state index in [-0.39, 0.29) is 0 Å². The fraction of sp³-hybridized carbons (Fsp3) is 0.0192. The van der Waals surface area contributed by atoms with Crippen LogP contribution in [0.25, 0.3) is 76.6 Å². The minimum atomic E-state index is -0.583. The number of hydrogen-bond acceptors (Lipinski definition) is 5. The standard InChI is InChI=1S/C52H31N3OS/c1-2-12-33(13-3-1)49-53-50(34-24-22-32(23-25-34)35-26-28-40-39-16-6-11-21-47(39)57-48(40)31-35)55-51(54-49)36-27-29-46-44(30-36)52(43-19-9-10-20-45(43)56-46)41-17-7-4-14-37(41)38-15-5-8-18-42(38)52/h1-31H. The van der Waals surface area contributed by atoms with Gasteiger partial charge in [-0.1, -0.05) is 152 Å². The van der Waals surface area contributed by atoms with Crippen molar-refractivity contribution in [3.05, 3.63) is 210 Å². The van der Waals surface area contributed by atoms with Gasteiger partial charge in [-0.3, -0.25) is 0 Å². The molecule has 1 spiro atoms. The largest absolute Gasteiger partial charge is 0.457 e. The maximum atomic E-state index is 6.71. The molecule has 266 valence electrons. The van der Waals surface area contributed by atoms with Crippen LogP contribution in [0.4, 0.5) is 0 Å². The van der Waals surface area contributed by atoms with Crippen LogP contribution in [0.1, 0.15) is 22.3 Å². The Morgan fingerprint density at radius 3 is 1.63 bits per heavy atom. The molecular formula is C52H31N3OS. The molecule has 12 rings (SSSR count). The van der Waals surface area contributed by atoms with E-state index in [0.717, 1.165) is 44.9 Å². The molecule has 0 atom stereocenters. The fourth-order valence-electron chi connectivity index (χ4n) is 9.06. The van der Waals surface area contributed by atoms with Crippen molar-refractivity contribution >= 4 is 31.5 Å². The van der Waals surface area contributed by atoms with E-state index in [0.29, 0.717) is 17.5 Å². The monoisotopic (exact) mass is 745 g/mol. The van der Waals surface area contributed by atoms with E-state index < -0.39 is 5.41 Å². The number of rotatable bonds is 4. The molecule has 0 N–H and O–H groups in total. The molecule has 0 fully saturated rings. The lowest BCUT2D eigenvalue weighted by molar-refractivity contribution is 0.436. The van der Waals surface area contributed by atoms with Gasteiger partial charge in [0.05, 0.1) is 5.41 Å². The second kappa shape index (κ2) is 12.4. The Bertz CT molecular complexity index is 3180. The van der Waals surface area contributed by atoms with Gasteiger partial charge in [-0.2, -0.15) is 0 Å². The summed E-state index contributed by atoms with van der Waals surface area (Å²) in [7, 11) is 0. The molecule has 10 aromatic rings. The van der Waals surface area contributed by atoms with Gasteiger partial charge in [0.1, 0.15) is 11.5 Å². The summed E-state index contributed by atoms with van der Waals surface area (Å²) in [6, 6.07) is 66.5. The Morgan fingerprint density at radius 1 is 0.351 bits per heavy atom. The van der Waals surface area contributed by atoms with Crippen LogP contribution in [0.5, 0.6) is 11.5 Å². The molecule has 0 bridgehead atoms. The maximum absolute atomic E-state index is 6.71. The normalized spacial score (nSPS) is 13.2. The number of aromatic nitrogens is 3. The second-order valence-corrected chi connectivity index (χ2v) is 15.8. The first-order valence-electron chi connectivity index (χ1n) is 19.2. The number of fused-ring (bicyclic) bond motifs is 12. The zero-order chi connectivity index (χ0) is 37.5. The smallest absolute Gasteiger partial charge is 0.164 e. The Morgan fingerprint density at radius 2 is 0.877 bits per heavy atom. The van der Waals surface area contributed by atoms with Crippen LogP contribution in [0.15, 0.2) is 188 Å². The molecule has 2 aromatic heterocycles. The lowest BCUT2D eigenvalue weighted by Gasteiger charge is -2.39. The van der Waals surface area contributed by atoms with Crippen LogP contribution < -0.4 is 4.74 Å². The molecule has 0 saturated carbocycles. The van der Waals surface area contributed by atoms with Crippen molar-refractivity contribution < 1.29 is 4.74 Å². The van der Waals surface area contributed by atoms with Gasteiger partial charge in [-0.25, -0.2) is 15.0 Å². The molecule has 1 aliphatic heterocycles. The van der Waals surface area contributed by atoms with Crippen molar-refractivity contribution in [2.75, 3.05) is 0 Å². The van der Waals surface area contributed by atoms with Gasteiger partial charge in [0.25, 0.3) is 0 Å². The van der Waals surface area contributed by atoms with Crippen LogP contribution in [0, 0.1) is 0 Å². The second-order valence-electron chi connectivity index (χ2n) is 14.7. The van der Waals surface area contributed by atoms with E-state index in [2.05, 4.69) is 164 Å². The highest BCUT2D eigenvalue weighted by molar-refractivity contribution is 7.25. The van der Waals surface area contributed by atoms with E-state index >= 15 is 0 Å². The van der Waals surface area contributed by atoms with Gasteiger partial charge in [0.2, 0.25) is 0 Å². The van der Waals surface area contributed by atoms with Crippen LogP contribution in [-0.2, 0) is 5.41 Å². The highest BCUT2D eigenvalue weighted by Crippen LogP contribution is 2.62. The lowest BCUT2D eigenvalue weighted by Crippen LogP contribution is -2.32. The van der Waals surface area contributed by atoms with Crippen LogP contribution in [0.3, 0.4) is 0 Å². The van der Waals surface area contributed by atoms with Crippen molar-refractivity contribution in [2.24, 2.45) is 0 Å². The summed E-state index contributed by atoms with van der Waals surface area (Å²) in [5.74, 6) is 3.54. The summed E-state index contributed by atoms with van der Waals surface area (Å²) in [5, 5.41) is 2.61. The molecule has 0 amide bonds. The zero-order valence-corrected chi connectivity index (χ0v) is 31.4. The number of para-hydroxylation sites is 1. The van der Waals surface area contributed by atoms with Gasteiger partial charge >= 0.3 is 0 Å². The lowest BCUT2D eigenvalue weighted by atomic mass is 9.66. The third-order valence-corrected chi connectivity index (χ3v) is 12.8. The Labute approximate surface area is 333 Å². The molecule has 1 aliphatic carbocycles. The first-order chi connectivity index (χ1) is 28.2. The van der Waals surface area contributed by atoms with Gasteiger partial charge in [-0.15, -0.1) is 11.3 Å². The average molecular weight is 746 g/mol. The van der Waals surface area contributed by atoms with E-state index in [4.69, 9.17) is 19.7 Å². The van der Waals surface area contributed by atoms with E-state index in [9.17, 15) is 0 Å². The molecule has 0 unspecified atom stereocenters. The minimum Gasteiger partial charge on any atom is -0.457 e. The summed E-state index contributed by atoms with van der Waals surface area (Å²) in [6.45, 7) is 0. The molecule has 8 aromatic carbocycles. The molecule has 0 saturated heterocycles. The quantitative estimate of drug-likeness (QED) is 0.180. The van der Waals surface area contributed by atoms with Gasteiger partial charge in [0.15, 0.2) is 17.5 Å². The molecule has 5 heteroatoms. The Hall–Kier alpha value is -7.21. The predicted molar refractivity (Wildman–Crippen MR) is 232 cm³/mol. The fourth-order valence-corrected chi connectivity index (χ4v) is 10.2. The van der Waals surface area contributed by atoms with Crippen LogP contribution in [0.2, 0.25) is 0 Å². The highest BCUT2D eigenvalue weighted by Gasteiger charge is 2.51. The summed E-state index contributed by atoms with van der Waals surface area (Å²) in [4.78, 5) is 15.4. The maximum Gasteiger partial charge on any atom is 0.164 e. The van der Waals surface area contributed by atoms with Gasteiger partial charge in [-0.05, 0) is 69.8 Å². The van der Waals surface area contributed by atoms with E-state index in [1.807, 2.05) is 35.6 Å². The zero-order valence-electron chi connectivity index (χ0n) is 30.6. The Balaban J connectivity index is 1.01. The predicted octanol–water partition coefficient (Wildman–Crippen LogP) is 13.4. The number of thiophene rings is 1. The van der Waals surface area contributed by atoms with Gasteiger partial charge in [0, 0.05) is 48.0 Å². The number of nitrogens with zero attached hydrogens (tertiary/aromatic N) is 3. The van der Waals surface area contributed by atoms with Gasteiger partial charge < -0.3 is 4.74 Å². The van der Waals surface area contributed by atoms with Crippen LogP contribution >= 0.6 is 11.3 Å². The van der Waals surface area contributed by atoms with Crippen molar-refractivity contribution in [1.29, 1.82) is 0 Å². The highest BCUT2D eigenvalue weighted by atomic mass is 32.1. The first-order valence-corrected chi connectivity index (χ1v) is 20.0. The van der Waals surface area contributed by atoms with Crippen molar-refractivity contribution in [3.63, 3.8) is 0 Å². The summed E-state index contributed by atoms with van der Waals surface area (Å²) in [5.41, 5.74) is 11.7. The minimum absolute atomic E-state index is 0.583. The summed E-state index contributed by atoms with van der Waals surface area (Å²) >= 11 is 1.84. The average Bonchev–Trinajstić information content (AvgIpc) is 3.80. The van der Waals surface area contributed by atoms with Crippen molar-refractivity contribution in [3.8, 4) is 67.9 Å². The van der Waals surface area contributed by atoms with Crippen molar-refractivity contribution in [2.45, 2.75) is 5.41 Å². The summed E-state index contributed by atoms with van der Waals surface area (Å²) in [6.07, 6.45) is 0. The molecule has 57 heavy (non-hydrogen) atoms. The van der Waals surface area contributed by atoms with Crippen LogP contribution in [-0.4, -0.2) is 15.0 Å². The molecule has 0 radical (unpaired) electrons. The third kappa shape index (κ3) is 4.82. The topological polar surface area (TPSA) is 47.9 Å². The van der Waals surface area contributed by atoms with Crippen molar-refractivity contribution in [1.82, 2.24) is 15.0 Å². The molecule has 4 nitrogen and oxygen atoms in total. The van der Waals surface area contributed by atoms with E-state index in [1.54, 1.807) is 0 Å². The molecular weight excluding hydrogens is 715 g/mol. The third-order valence-electron chi connectivity index (χ3n) is 11.6. The number of benzene rings is 8. The molecule has 3 heterocycles. The number of hydrogen-bond donors (Lipinski definition) is 0.